The molecular formula is C15H20N2O3S. The summed E-state index contributed by atoms with van der Waals surface area (Å²) in [5.41, 5.74) is 0.794. The van der Waals surface area contributed by atoms with E-state index in [-0.39, 0.29) is 18.0 Å². The zero-order valence-electron chi connectivity index (χ0n) is 12.2. The van der Waals surface area contributed by atoms with Crippen LogP contribution in [-0.4, -0.2) is 40.8 Å². The number of nitrogens with zero attached hydrogens (tertiary/aromatic N) is 1. The zero-order chi connectivity index (χ0) is 15.4. The third kappa shape index (κ3) is 3.69. The molecule has 1 aliphatic rings. The first-order valence-corrected chi connectivity index (χ1v) is 8.19. The molecular weight excluding hydrogens is 288 g/mol. The second kappa shape index (κ2) is 6.85. The molecule has 1 aromatic carbocycles. The number of rotatable bonds is 3. The van der Waals surface area contributed by atoms with E-state index >= 15 is 0 Å². The fourth-order valence-corrected chi connectivity index (χ4v) is 3.19. The van der Waals surface area contributed by atoms with Crippen LogP contribution in [0.3, 0.4) is 0 Å². The Morgan fingerprint density at radius 1 is 1.38 bits per heavy atom. The van der Waals surface area contributed by atoms with Gasteiger partial charge in [-0.2, -0.15) is 0 Å². The van der Waals surface area contributed by atoms with Gasteiger partial charge in [-0.1, -0.05) is 12.1 Å². The summed E-state index contributed by atoms with van der Waals surface area (Å²) in [5, 5.41) is 12.0. The van der Waals surface area contributed by atoms with Gasteiger partial charge in [-0.25, -0.2) is 4.79 Å². The highest BCUT2D eigenvalue weighted by Crippen LogP contribution is 2.27. The van der Waals surface area contributed by atoms with E-state index in [0.717, 1.165) is 10.6 Å². The largest absolute Gasteiger partial charge is 0.481 e. The number of benzene rings is 1. The summed E-state index contributed by atoms with van der Waals surface area (Å²) in [6, 6.07) is 7.42. The number of carboxylic acids is 1. The maximum atomic E-state index is 12.4. The molecule has 114 valence electrons. The number of carbonyl (C=O) groups is 2. The Morgan fingerprint density at radius 2 is 2.10 bits per heavy atom. The highest BCUT2D eigenvalue weighted by Gasteiger charge is 2.32. The average molecular weight is 308 g/mol. The number of anilines is 1. The summed E-state index contributed by atoms with van der Waals surface area (Å²) in [4.78, 5) is 26.1. The first-order valence-electron chi connectivity index (χ1n) is 6.96. The SMILES string of the molecule is CSc1ccccc1NC(=O)N1CCC(C(=O)O)CC1C. The molecule has 0 radical (unpaired) electrons. The monoisotopic (exact) mass is 308 g/mol. The molecule has 6 heteroatoms. The minimum Gasteiger partial charge on any atom is -0.481 e. The standard InChI is InChI=1S/C15H20N2O3S/c1-10-9-11(14(18)19)7-8-17(10)15(20)16-12-5-3-4-6-13(12)21-2/h3-6,10-11H,7-9H2,1-2H3,(H,16,20)(H,18,19). The first-order chi connectivity index (χ1) is 10.0. The number of hydrogen-bond donors (Lipinski definition) is 2. The molecule has 1 fully saturated rings. The first kappa shape index (κ1) is 15.7. The van der Waals surface area contributed by atoms with E-state index in [0.29, 0.717) is 19.4 Å². The van der Waals surface area contributed by atoms with E-state index < -0.39 is 5.97 Å². The van der Waals surface area contributed by atoms with Crippen molar-refractivity contribution in [1.82, 2.24) is 4.90 Å². The molecule has 0 spiro atoms. The highest BCUT2D eigenvalue weighted by atomic mass is 32.2. The second-order valence-electron chi connectivity index (χ2n) is 5.23. The molecule has 0 saturated carbocycles. The number of urea groups is 1. The molecule has 0 aliphatic carbocycles. The van der Waals surface area contributed by atoms with Crippen LogP contribution in [0.25, 0.3) is 0 Å². The van der Waals surface area contributed by atoms with E-state index in [1.165, 1.54) is 0 Å². The van der Waals surface area contributed by atoms with Crippen molar-refractivity contribution in [1.29, 1.82) is 0 Å². The third-order valence-electron chi connectivity index (χ3n) is 3.83. The van der Waals surface area contributed by atoms with E-state index in [1.54, 1.807) is 16.7 Å². The molecule has 2 amide bonds. The predicted molar refractivity (Wildman–Crippen MR) is 83.8 cm³/mol. The van der Waals surface area contributed by atoms with Crippen molar-refractivity contribution in [3.8, 4) is 0 Å². The topological polar surface area (TPSA) is 69.6 Å². The summed E-state index contributed by atoms with van der Waals surface area (Å²) in [7, 11) is 0. The number of carbonyl (C=O) groups excluding carboxylic acids is 1. The number of aliphatic carboxylic acids is 1. The van der Waals surface area contributed by atoms with Gasteiger partial charge in [-0.3, -0.25) is 4.79 Å². The lowest BCUT2D eigenvalue weighted by Gasteiger charge is -2.36. The van der Waals surface area contributed by atoms with Gasteiger partial charge in [-0.15, -0.1) is 11.8 Å². The summed E-state index contributed by atoms with van der Waals surface area (Å²) in [6.45, 7) is 2.38. The number of para-hydroxylation sites is 1. The smallest absolute Gasteiger partial charge is 0.322 e. The van der Waals surface area contributed by atoms with E-state index in [4.69, 9.17) is 5.11 Å². The molecule has 2 rings (SSSR count). The number of nitrogens with one attached hydrogen (secondary N) is 1. The molecule has 1 saturated heterocycles. The van der Waals surface area contributed by atoms with E-state index in [9.17, 15) is 9.59 Å². The van der Waals surface area contributed by atoms with Gasteiger partial charge in [0.05, 0.1) is 11.6 Å². The van der Waals surface area contributed by atoms with E-state index in [2.05, 4.69) is 5.32 Å². The van der Waals surface area contributed by atoms with E-state index in [1.807, 2.05) is 37.4 Å². The molecule has 0 aromatic heterocycles. The van der Waals surface area contributed by atoms with Crippen molar-refractivity contribution in [2.75, 3.05) is 18.1 Å². The number of thioether (sulfide) groups is 1. The molecule has 1 aromatic rings. The Labute approximate surface area is 128 Å². The lowest BCUT2D eigenvalue weighted by molar-refractivity contribution is -0.143. The van der Waals surface area contributed by atoms with Crippen molar-refractivity contribution in [2.24, 2.45) is 5.92 Å². The zero-order valence-corrected chi connectivity index (χ0v) is 13.0. The van der Waals surface area contributed by atoms with Gasteiger partial charge in [0.1, 0.15) is 0 Å². The van der Waals surface area contributed by atoms with Gasteiger partial charge in [0, 0.05) is 17.5 Å². The summed E-state index contributed by atoms with van der Waals surface area (Å²) in [5.74, 6) is -1.11. The molecule has 1 heterocycles. The third-order valence-corrected chi connectivity index (χ3v) is 4.63. The maximum Gasteiger partial charge on any atom is 0.322 e. The minimum atomic E-state index is -0.769. The normalized spacial score (nSPS) is 21.9. The highest BCUT2D eigenvalue weighted by molar-refractivity contribution is 7.98. The van der Waals surface area contributed by atoms with Gasteiger partial charge in [0.25, 0.3) is 0 Å². The van der Waals surface area contributed by atoms with Crippen LogP contribution in [0, 0.1) is 5.92 Å². The van der Waals surface area contributed by atoms with Crippen LogP contribution in [0.4, 0.5) is 10.5 Å². The van der Waals surface area contributed by atoms with Crippen molar-refractivity contribution in [3.63, 3.8) is 0 Å². The molecule has 1 aliphatic heterocycles. The minimum absolute atomic E-state index is 0.0682. The summed E-state index contributed by atoms with van der Waals surface area (Å²) < 4.78 is 0. The van der Waals surface area contributed by atoms with Gasteiger partial charge in [0.15, 0.2) is 0 Å². The van der Waals surface area contributed by atoms with Crippen LogP contribution in [0.15, 0.2) is 29.2 Å². The molecule has 2 N–H and O–H groups in total. The summed E-state index contributed by atoms with van der Waals surface area (Å²) >= 11 is 1.58. The molecule has 0 bridgehead atoms. The predicted octanol–water partition coefficient (Wildman–Crippen LogP) is 3.13. The number of likely N-dealkylation sites (tertiary alicyclic amines) is 1. The lowest BCUT2D eigenvalue weighted by Crippen LogP contribution is -2.47. The Balaban J connectivity index is 2.02. The Morgan fingerprint density at radius 3 is 2.71 bits per heavy atom. The van der Waals surface area contributed by atoms with Gasteiger partial charge in [0.2, 0.25) is 0 Å². The van der Waals surface area contributed by atoms with Crippen molar-refractivity contribution < 1.29 is 14.7 Å². The lowest BCUT2D eigenvalue weighted by atomic mass is 9.92. The van der Waals surface area contributed by atoms with Crippen LogP contribution in [-0.2, 0) is 4.79 Å². The van der Waals surface area contributed by atoms with Crippen LogP contribution in [0.5, 0.6) is 0 Å². The van der Waals surface area contributed by atoms with Crippen molar-refractivity contribution in [3.05, 3.63) is 24.3 Å². The van der Waals surface area contributed by atoms with Crippen LogP contribution in [0.1, 0.15) is 19.8 Å². The summed E-state index contributed by atoms with van der Waals surface area (Å²) in [6.07, 6.45) is 2.98. The van der Waals surface area contributed by atoms with Crippen LogP contribution >= 0.6 is 11.8 Å². The van der Waals surface area contributed by atoms with Gasteiger partial charge < -0.3 is 15.3 Å². The van der Waals surface area contributed by atoms with Gasteiger partial charge >= 0.3 is 12.0 Å². The fraction of sp³-hybridized carbons (Fsp3) is 0.467. The van der Waals surface area contributed by atoms with Gasteiger partial charge in [-0.05, 0) is 38.2 Å². The number of piperidine rings is 1. The number of carboxylic acid groups (broad SMARTS) is 1. The molecule has 2 unspecified atom stereocenters. The fourth-order valence-electron chi connectivity index (χ4n) is 2.63. The Hall–Kier alpha value is -1.69. The quantitative estimate of drug-likeness (QED) is 0.842. The molecule has 21 heavy (non-hydrogen) atoms. The number of hydrogen-bond acceptors (Lipinski definition) is 3. The molecule has 2 atom stereocenters. The van der Waals surface area contributed by atoms with Crippen molar-refractivity contribution >= 4 is 29.4 Å². The van der Waals surface area contributed by atoms with Crippen molar-refractivity contribution in [2.45, 2.75) is 30.7 Å². The Kier molecular flexibility index (Phi) is 5.12. The maximum absolute atomic E-state index is 12.4. The van der Waals surface area contributed by atoms with Crippen LogP contribution < -0.4 is 5.32 Å². The molecule has 5 nitrogen and oxygen atoms in total. The number of amides is 2. The second-order valence-corrected chi connectivity index (χ2v) is 6.08. The van der Waals surface area contributed by atoms with Crippen LogP contribution in [0.2, 0.25) is 0 Å². The Bertz CT molecular complexity index is 535. The average Bonchev–Trinajstić information content (AvgIpc) is 2.47.